The van der Waals surface area contributed by atoms with Gasteiger partial charge in [-0.25, -0.2) is 4.98 Å². The number of aryl methyl sites for hydroxylation is 2. The van der Waals surface area contributed by atoms with E-state index in [0.717, 1.165) is 28.3 Å². The van der Waals surface area contributed by atoms with Gasteiger partial charge in [0.05, 0.1) is 11.0 Å². The summed E-state index contributed by atoms with van der Waals surface area (Å²) in [5, 5.41) is 0.782. The number of aromatic nitrogens is 2. The molecule has 3 rings (SSSR count). The highest BCUT2D eigenvalue weighted by Crippen LogP contribution is 2.26. The van der Waals surface area contributed by atoms with E-state index in [9.17, 15) is 4.79 Å². The first-order valence-electron chi connectivity index (χ1n) is 6.93. The summed E-state index contributed by atoms with van der Waals surface area (Å²) in [6, 6.07) is 15.6. The van der Waals surface area contributed by atoms with Gasteiger partial charge in [0.25, 0.3) is 0 Å². The molecule has 0 aliphatic carbocycles. The summed E-state index contributed by atoms with van der Waals surface area (Å²) >= 11 is 1.19. The van der Waals surface area contributed by atoms with Gasteiger partial charge in [0.2, 0.25) is 5.12 Å². The first-order chi connectivity index (χ1) is 10.2. The predicted octanol–water partition coefficient (Wildman–Crippen LogP) is 4.30. The summed E-state index contributed by atoms with van der Waals surface area (Å²) in [7, 11) is 0. The molecule has 0 saturated carbocycles. The molecule has 0 saturated heterocycles. The Morgan fingerprint density at radius 2 is 1.86 bits per heavy atom. The second kappa shape index (κ2) is 5.74. The van der Waals surface area contributed by atoms with Crippen molar-refractivity contribution in [3.63, 3.8) is 0 Å². The molecule has 4 heteroatoms. The van der Waals surface area contributed by atoms with Crippen molar-refractivity contribution >= 4 is 27.9 Å². The van der Waals surface area contributed by atoms with Crippen molar-refractivity contribution in [3.8, 4) is 0 Å². The highest BCUT2D eigenvalue weighted by atomic mass is 32.2. The monoisotopic (exact) mass is 296 g/mol. The van der Waals surface area contributed by atoms with Crippen LogP contribution in [-0.2, 0) is 6.54 Å². The van der Waals surface area contributed by atoms with Gasteiger partial charge in [0.15, 0.2) is 5.16 Å². The lowest BCUT2D eigenvalue weighted by atomic mass is 10.2. The van der Waals surface area contributed by atoms with Crippen LogP contribution in [0.2, 0.25) is 0 Å². The number of nitrogens with zero attached hydrogens (tertiary/aromatic N) is 2. The van der Waals surface area contributed by atoms with Gasteiger partial charge in [0.1, 0.15) is 0 Å². The molecule has 0 bridgehead atoms. The fourth-order valence-electron chi connectivity index (χ4n) is 2.27. The number of carbonyl (C=O) groups excluding carboxylic acids is 1. The Morgan fingerprint density at radius 3 is 2.57 bits per heavy atom. The van der Waals surface area contributed by atoms with Gasteiger partial charge < -0.3 is 4.57 Å². The molecule has 2 aromatic carbocycles. The van der Waals surface area contributed by atoms with Gasteiger partial charge in [-0.2, -0.15) is 0 Å². The van der Waals surface area contributed by atoms with E-state index < -0.39 is 0 Å². The van der Waals surface area contributed by atoms with Gasteiger partial charge >= 0.3 is 0 Å². The number of fused-ring (bicyclic) bond motifs is 1. The molecule has 1 aromatic heterocycles. The maximum Gasteiger partial charge on any atom is 0.227 e. The maximum absolute atomic E-state index is 12.4. The van der Waals surface area contributed by atoms with E-state index >= 15 is 0 Å². The van der Waals surface area contributed by atoms with Crippen molar-refractivity contribution in [2.75, 3.05) is 0 Å². The van der Waals surface area contributed by atoms with Crippen LogP contribution in [-0.4, -0.2) is 14.7 Å². The van der Waals surface area contributed by atoms with Crippen molar-refractivity contribution in [2.45, 2.75) is 25.5 Å². The fraction of sp³-hybridized carbons (Fsp3) is 0.176. The fourth-order valence-corrected chi connectivity index (χ4v) is 3.17. The molecule has 0 atom stereocenters. The van der Waals surface area contributed by atoms with Gasteiger partial charge in [0, 0.05) is 12.1 Å². The molecule has 0 aliphatic heterocycles. The zero-order chi connectivity index (χ0) is 14.8. The average Bonchev–Trinajstić information content (AvgIpc) is 2.84. The van der Waals surface area contributed by atoms with Gasteiger partial charge in [-0.1, -0.05) is 42.0 Å². The molecular formula is C17H16N2OS. The molecule has 0 unspecified atom stereocenters. The van der Waals surface area contributed by atoms with Crippen LogP contribution in [0.25, 0.3) is 11.0 Å². The van der Waals surface area contributed by atoms with Crippen LogP contribution in [0.4, 0.5) is 0 Å². The summed E-state index contributed by atoms with van der Waals surface area (Å²) in [4.78, 5) is 17.0. The molecule has 0 aliphatic rings. The lowest BCUT2D eigenvalue weighted by Gasteiger charge is -2.05. The number of carbonyl (C=O) groups is 1. The highest BCUT2D eigenvalue weighted by molar-refractivity contribution is 8.14. The average molecular weight is 296 g/mol. The van der Waals surface area contributed by atoms with Crippen LogP contribution in [0.5, 0.6) is 0 Å². The lowest BCUT2D eigenvalue weighted by Crippen LogP contribution is -2.00. The number of thioether (sulfide) groups is 1. The quantitative estimate of drug-likeness (QED) is 0.676. The van der Waals surface area contributed by atoms with E-state index in [2.05, 4.69) is 16.5 Å². The Kier molecular flexibility index (Phi) is 3.80. The number of hydrogen-bond donors (Lipinski definition) is 0. The van der Waals surface area contributed by atoms with Crippen LogP contribution < -0.4 is 0 Å². The van der Waals surface area contributed by atoms with Gasteiger partial charge in [-0.3, -0.25) is 4.79 Å². The molecule has 0 fully saturated rings. The minimum Gasteiger partial charge on any atom is -0.319 e. The molecule has 3 aromatic rings. The van der Waals surface area contributed by atoms with Crippen molar-refractivity contribution in [1.82, 2.24) is 9.55 Å². The molecule has 106 valence electrons. The van der Waals surface area contributed by atoms with Crippen LogP contribution in [0.3, 0.4) is 0 Å². The standard InChI is InChI=1S/C17H16N2OS/c1-3-19-15-7-5-4-6-14(15)18-17(19)21-16(20)13-10-8-12(2)9-11-13/h4-11H,3H2,1-2H3. The summed E-state index contributed by atoms with van der Waals surface area (Å²) in [6.07, 6.45) is 0. The smallest absolute Gasteiger partial charge is 0.227 e. The Labute approximate surface area is 128 Å². The zero-order valence-electron chi connectivity index (χ0n) is 12.0. The van der Waals surface area contributed by atoms with E-state index in [1.54, 1.807) is 0 Å². The maximum atomic E-state index is 12.4. The molecule has 3 nitrogen and oxygen atoms in total. The normalized spacial score (nSPS) is 11.0. The molecule has 0 spiro atoms. The minimum absolute atomic E-state index is 0.0278. The Morgan fingerprint density at radius 1 is 1.14 bits per heavy atom. The summed E-state index contributed by atoms with van der Waals surface area (Å²) < 4.78 is 2.08. The molecule has 0 N–H and O–H groups in total. The first kappa shape index (κ1) is 13.9. The lowest BCUT2D eigenvalue weighted by molar-refractivity contribution is 0.108. The first-order valence-corrected chi connectivity index (χ1v) is 7.75. The third-order valence-corrected chi connectivity index (χ3v) is 4.32. The number of para-hydroxylation sites is 2. The third kappa shape index (κ3) is 2.72. The number of rotatable bonds is 3. The Balaban J connectivity index is 1.94. The highest BCUT2D eigenvalue weighted by Gasteiger charge is 2.15. The van der Waals surface area contributed by atoms with Crippen molar-refractivity contribution in [1.29, 1.82) is 0 Å². The van der Waals surface area contributed by atoms with Crippen molar-refractivity contribution in [2.24, 2.45) is 0 Å². The second-order valence-corrected chi connectivity index (χ2v) is 5.82. The van der Waals surface area contributed by atoms with E-state index in [1.807, 2.05) is 55.5 Å². The number of hydrogen-bond acceptors (Lipinski definition) is 3. The van der Waals surface area contributed by atoms with E-state index in [1.165, 1.54) is 11.8 Å². The Hall–Kier alpha value is -2.07. The van der Waals surface area contributed by atoms with Crippen LogP contribution in [0, 0.1) is 6.92 Å². The van der Waals surface area contributed by atoms with Gasteiger partial charge in [-0.05, 0) is 37.7 Å². The molecule has 0 radical (unpaired) electrons. The van der Waals surface area contributed by atoms with Crippen molar-refractivity contribution < 1.29 is 4.79 Å². The third-order valence-electron chi connectivity index (χ3n) is 3.41. The SMILES string of the molecule is CCn1c(SC(=O)c2ccc(C)cc2)nc2ccccc21. The predicted molar refractivity (Wildman–Crippen MR) is 86.8 cm³/mol. The van der Waals surface area contributed by atoms with Crippen molar-refractivity contribution in [3.05, 3.63) is 59.7 Å². The molecule has 1 heterocycles. The van der Waals surface area contributed by atoms with E-state index in [-0.39, 0.29) is 5.12 Å². The topological polar surface area (TPSA) is 34.9 Å². The van der Waals surface area contributed by atoms with Crippen LogP contribution >= 0.6 is 11.8 Å². The summed E-state index contributed by atoms with van der Waals surface area (Å²) in [5.41, 5.74) is 3.86. The summed E-state index contributed by atoms with van der Waals surface area (Å²) in [5.74, 6) is 0. The zero-order valence-corrected chi connectivity index (χ0v) is 12.9. The van der Waals surface area contributed by atoms with E-state index in [4.69, 9.17) is 0 Å². The molecule has 0 amide bonds. The van der Waals surface area contributed by atoms with Gasteiger partial charge in [-0.15, -0.1) is 0 Å². The second-order valence-electron chi connectivity index (χ2n) is 4.88. The minimum atomic E-state index is 0.0278. The van der Waals surface area contributed by atoms with Crippen LogP contribution in [0.1, 0.15) is 22.8 Å². The largest absolute Gasteiger partial charge is 0.319 e. The van der Waals surface area contributed by atoms with Crippen LogP contribution in [0.15, 0.2) is 53.7 Å². The Bertz CT molecular complexity index is 790. The number of benzene rings is 2. The molecular weight excluding hydrogens is 280 g/mol. The summed E-state index contributed by atoms with van der Waals surface area (Å²) in [6.45, 7) is 4.87. The molecule has 21 heavy (non-hydrogen) atoms. The number of imidazole rings is 1. The van der Waals surface area contributed by atoms with E-state index in [0.29, 0.717) is 5.56 Å².